The first-order valence-corrected chi connectivity index (χ1v) is 6.72. The van der Waals surface area contributed by atoms with E-state index in [-0.39, 0.29) is 18.7 Å². The molecule has 1 aromatic carbocycles. The summed E-state index contributed by atoms with van der Waals surface area (Å²) in [5.74, 6) is -1.39. The number of aryl methyl sites for hydroxylation is 2. The lowest BCUT2D eigenvalue weighted by molar-refractivity contribution is -0.305. The van der Waals surface area contributed by atoms with Crippen LogP contribution in [-0.2, 0) is 9.59 Å². The average molecular weight is 291 g/mol. The number of carboxylic acid groups (broad SMARTS) is 1. The standard InChI is InChI=1S/C14H16N2O3S/c1-8-3-4-10(7-9(8)2)16-13(19)11(15-14(16)20)5-6-12(17)18/h3-4,7,11H,5-6H2,1-2H3,(H,15,20)(H,17,18)/p-1. The highest BCUT2D eigenvalue weighted by Gasteiger charge is 2.35. The van der Waals surface area contributed by atoms with E-state index in [0.29, 0.717) is 10.8 Å². The molecule has 1 aliphatic heterocycles. The first-order chi connectivity index (χ1) is 9.40. The minimum absolute atomic E-state index is 0.169. The number of anilines is 1. The topological polar surface area (TPSA) is 72.5 Å². The Kier molecular flexibility index (Phi) is 4.04. The molecular weight excluding hydrogens is 276 g/mol. The Morgan fingerprint density at radius 2 is 2.10 bits per heavy atom. The van der Waals surface area contributed by atoms with E-state index in [1.165, 1.54) is 4.90 Å². The van der Waals surface area contributed by atoms with Crippen molar-refractivity contribution in [2.45, 2.75) is 32.7 Å². The number of aliphatic carboxylic acids is 1. The molecule has 0 aromatic heterocycles. The van der Waals surface area contributed by atoms with Gasteiger partial charge in [-0.15, -0.1) is 0 Å². The maximum absolute atomic E-state index is 12.3. The summed E-state index contributed by atoms with van der Waals surface area (Å²) in [6.45, 7) is 3.95. The summed E-state index contributed by atoms with van der Waals surface area (Å²) < 4.78 is 0. The van der Waals surface area contributed by atoms with Gasteiger partial charge >= 0.3 is 0 Å². The Bertz CT molecular complexity index is 586. The van der Waals surface area contributed by atoms with Crippen LogP contribution in [0.2, 0.25) is 0 Å². The highest BCUT2D eigenvalue weighted by Crippen LogP contribution is 2.23. The van der Waals surface area contributed by atoms with Crippen molar-refractivity contribution in [2.75, 3.05) is 4.90 Å². The third-order valence-electron chi connectivity index (χ3n) is 3.41. The summed E-state index contributed by atoms with van der Waals surface area (Å²) in [7, 11) is 0. The molecule has 1 saturated heterocycles. The quantitative estimate of drug-likeness (QED) is 0.814. The van der Waals surface area contributed by atoms with Gasteiger partial charge in [0.25, 0.3) is 5.91 Å². The highest BCUT2D eigenvalue weighted by molar-refractivity contribution is 7.80. The van der Waals surface area contributed by atoms with Gasteiger partial charge in [-0.25, -0.2) is 0 Å². The molecule has 1 heterocycles. The number of carboxylic acids is 1. The molecule has 1 atom stereocenters. The van der Waals surface area contributed by atoms with Crippen molar-refractivity contribution in [3.8, 4) is 0 Å². The predicted octanol–water partition coefficient (Wildman–Crippen LogP) is 0.423. The van der Waals surface area contributed by atoms with Crippen molar-refractivity contribution in [1.29, 1.82) is 0 Å². The van der Waals surface area contributed by atoms with Crippen molar-refractivity contribution in [1.82, 2.24) is 5.32 Å². The maximum Gasteiger partial charge on any atom is 0.255 e. The van der Waals surface area contributed by atoms with Crippen LogP contribution in [0.1, 0.15) is 24.0 Å². The van der Waals surface area contributed by atoms with Crippen LogP contribution in [0.15, 0.2) is 18.2 Å². The molecule has 1 unspecified atom stereocenters. The highest BCUT2D eigenvalue weighted by atomic mass is 32.1. The van der Waals surface area contributed by atoms with Gasteiger partial charge in [-0.05, 0) is 62.2 Å². The molecule has 0 saturated carbocycles. The predicted molar refractivity (Wildman–Crippen MR) is 77.2 cm³/mol. The van der Waals surface area contributed by atoms with Crippen molar-refractivity contribution in [3.05, 3.63) is 29.3 Å². The van der Waals surface area contributed by atoms with Crippen LogP contribution in [0.5, 0.6) is 0 Å². The Balaban J connectivity index is 2.20. The van der Waals surface area contributed by atoms with Gasteiger partial charge in [0.2, 0.25) is 0 Å². The molecule has 0 aliphatic carbocycles. The van der Waals surface area contributed by atoms with E-state index in [2.05, 4.69) is 5.32 Å². The van der Waals surface area contributed by atoms with E-state index in [1.807, 2.05) is 32.0 Å². The second-order valence-electron chi connectivity index (χ2n) is 4.85. The molecule has 6 heteroatoms. The van der Waals surface area contributed by atoms with Crippen LogP contribution < -0.4 is 15.3 Å². The summed E-state index contributed by atoms with van der Waals surface area (Å²) in [5.41, 5.74) is 2.90. The molecule has 5 nitrogen and oxygen atoms in total. The van der Waals surface area contributed by atoms with Gasteiger partial charge in [0, 0.05) is 5.97 Å². The van der Waals surface area contributed by atoms with Gasteiger partial charge in [-0.1, -0.05) is 6.07 Å². The van der Waals surface area contributed by atoms with Gasteiger partial charge in [0.05, 0.1) is 5.69 Å². The lowest BCUT2D eigenvalue weighted by Gasteiger charge is -2.16. The number of hydrogen-bond acceptors (Lipinski definition) is 4. The van der Waals surface area contributed by atoms with Gasteiger partial charge < -0.3 is 15.2 Å². The minimum atomic E-state index is -1.17. The van der Waals surface area contributed by atoms with E-state index in [9.17, 15) is 14.7 Å². The molecule has 0 spiro atoms. The third-order valence-corrected chi connectivity index (χ3v) is 3.71. The number of nitrogens with zero attached hydrogens (tertiary/aromatic N) is 1. The number of carbonyl (C=O) groups excluding carboxylic acids is 2. The lowest BCUT2D eigenvalue weighted by Crippen LogP contribution is -2.33. The van der Waals surface area contributed by atoms with Crippen molar-refractivity contribution >= 4 is 34.9 Å². The molecular formula is C14H15N2O3S-. The Morgan fingerprint density at radius 3 is 2.70 bits per heavy atom. The molecule has 1 amide bonds. The maximum atomic E-state index is 12.3. The first kappa shape index (κ1) is 14.5. The van der Waals surface area contributed by atoms with Crippen molar-refractivity contribution in [2.24, 2.45) is 0 Å². The van der Waals surface area contributed by atoms with Crippen LogP contribution in [-0.4, -0.2) is 23.0 Å². The SMILES string of the molecule is Cc1ccc(N2C(=O)C(CCC(=O)[O-])NC2=S)cc1C. The van der Waals surface area contributed by atoms with Crippen LogP contribution in [0.4, 0.5) is 5.69 Å². The van der Waals surface area contributed by atoms with Crippen molar-refractivity contribution < 1.29 is 14.7 Å². The smallest absolute Gasteiger partial charge is 0.255 e. The Morgan fingerprint density at radius 1 is 1.40 bits per heavy atom. The number of rotatable bonds is 4. The molecule has 1 N–H and O–H groups in total. The van der Waals surface area contributed by atoms with Crippen LogP contribution in [0.25, 0.3) is 0 Å². The third kappa shape index (κ3) is 2.80. The van der Waals surface area contributed by atoms with E-state index >= 15 is 0 Å². The fourth-order valence-corrected chi connectivity index (χ4v) is 2.44. The number of thiocarbonyl (C=S) groups is 1. The number of carbonyl (C=O) groups is 2. The summed E-state index contributed by atoms with van der Waals surface area (Å²) in [4.78, 5) is 24.2. The van der Waals surface area contributed by atoms with Crippen molar-refractivity contribution in [3.63, 3.8) is 0 Å². The van der Waals surface area contributed by atoms with E-state index in [0.717, 1.165) is 11.1 Å². The molecule has 1 aromatic rings. The second kappa shape index (κ2) is 5.58. The Labute approximate surface area is 122 Å². The summed E-state index contributed by atoms with van der Waals surface area (Å²) in [6, 6.07) is 5.05. The first-order valence-electron chi connectivity index (χ1n) is 6.31. The fraction of sp³-hybridized carbons (Fsp3) is 0.357. The monoisotopic (exact) mass is 291 g/mol. The van der Waals surface area contributed by atoms with Gasteiger partial charge in [0.1, 0.15) is 6.04 Å². The molecule has 2 rings (SSSR count). The molecule has 0 radical (unpaired) electrons. The van der Waals surface area contributed by atoms with Crippen LogP contribution in [0.3, 0.4) is 0 Å². The minimum Gasteiger partial charge on any atom is -0.550 e. The zero-order valence-electron chi connectivity index (χ0n) is 11.3. The lowest BCUT2D eigenvalue weighted by atomic mass is 10.1. The largest absolute Gasteiger partial charge is 0.550 e. The molecule has 20 heavy (non-hydrogen) atoms. The van der Waals surface area contributed by atoms with E-state index in [4.69, 9.17) is 12.2 Å². The van der Waals surface area contributed by atoms with Gasteiger partial charge in [0.15, 0.2) is 5.11 Å². The van der Waals surface area contributed by atoms with Crippen LogP contribution >= 0.6 is 12.2 Å². The number of nitrogens with one attached hydrogen (secondary N) is 1. The number of benzene rings is 1. The van der Waals surface area contributed by atoms with Gasteiger partial charge in [-0.3, -0.25) is 9.69 Å². The fourth-order valence-electron chi connectivity index (χ4n) is 2.10. The second-order valence-corrected chi connectivity index (χ2v) is 5.24. The number of amides is 1. The zero-order valence-corrected chi connectivity index (χ0v) is 12.1. The summed E-state index contributed by atoms with van der Waals surface area (Å²) >= 11 is 5.16. The average Bonchev–Trinajstić information content (AvgIpc) is 2.65. The molecule has 0 bridgehead atoms. The van der Waals surface area contributed by atoms with Crippen LogP contribution in [0, 0.1) is 13.8 Å². The number of hydrogen-bond donors (Lipinski definition) is 1. The van der Waals surface area contributed by atoms with E-state index in [1.54, 1.807) is 0 Å². The summed E-state index contributed by atoms with van der Waals surface area (Å²) in [6.07, 6.45) is -0.00453. The zero-order chi connectivity index (χ0) is 14.9. The summed E-state index contributed by atoms with van der Waals surface area (Å²) in [5, 5.41) is 13.6. The Hall–Kier alpha value is -1.95. The molecule has 1 aliphatic rings. The normalized spacial score (nSPS) is 18.3. The van der Waals surface area contributed by atoms with Gasteiger partial charge in [-0.2, -0.15) is 0 Å². The molecule has 106 valence electrons. The van der Waals surface area contributed by atoms with E-state index < -0.39 is 12.0 Å². The molecule has 1 fully saturated rings.